The molecule has 0 radical (unpaired) electrons. The molecule has 37 heavy (non-hydrogen) atoms. The van der Waals surface area contributed by atoms with Gasteiger partial charge in [-0.05, 0) is 96.8 Å². The fourth-order valence-electron chi connectivity index (χ4n) is 9.74. The van der Waals surface area contributed by atoms with E-state index in [1.807, 2.05) is 30.3 Å². The molecule has 8 atom stereocenters. The van der Waals surface area contributed by atoms with Gasteiger partial charge in [0.2, 0.25) is 0 Å². The largest absolute Gasteiger partial charge is 0.462 e. The van der Waals surface area contributed by atoms with Gasteiger partial charge >= 0.3 is 5.97 Å². The minimum absolute atomic E-state index is 0.0588. The molecule has 0 aromatic heterocycles. The Kier molecular flexibility index (Phi) is 7.95. The van der Waals surface area contributed by atoms with Gasteiger partial charge < -0.3 is 4.74 Å². The molecule has 0 aliphatic heterocycles. The maximum Gasteiger partial charge on any atom is 0.310 e. The number of carbonyl (C=O) groups excluding carboxylic acids is 1. The molecule has 4 aliphatic carbocycles. The molecule has 204 valence electrons. The van der Waals surface area contributed by atoms with Gasteiger partial charge in [-0.1, -0.05) is 95.9 Å². The summed E-state index contributed by atoms with van der Waals surface area (Å²) >= 11 is 0. The minimum atomic E-state index is -0.0676. The van der Waals surface area contributed by atoms with Gasteiger partial charge in [0, 0.05) is 6.42 Å². The average Bonchev–Trinajstić information content (AvgIpc) is 3.22. The van der Waals surface area contributed by atoms with E-state index in [1.54, 1.807) is 5.57 Å². The molecular weight excluding hydrogens is 452 g/mol. The first-order chi connectivity index (χ1) is 17.7. The van der Waals surface area contributed by atoms with Crippen molar-refractivity contribution in [3.8, 4) is 0 Å². The van der Waals surface area contributed by atoms with Crippen molar-refractivity contribution in [1.29, 1.82) is 0 Å². The van der Waals surface area contributed by atoms with Gasteiger partial charge in [0.1, 0.15) is 6.10 Å². The molecule has 0 saturated heterocycles. The second-order valence-corrected chi connectivity index (χ2v) is 14.3. The maximum absolute atomic E-state index is 12.7. The van der Waals surface area contributed by atoms with Crippen LogP contribution in [0.3, 0.4) is 0 Å². The van der Waals surface area contributed by atoms with E-state index in [0.29, 0.717) is 17.3 Å². The van der Waals surface area contributed by atoms with Crippen LogP contribution in [0.1, 0.15) is 111 Å². The molecule has 3 saturated carbocycles. The van der Waals surface area contributed by atoms with E-state index in [4.69, 9.17) is 4.74 Å². The summed E-state index contributed by atoms with van der Waals surface area (Å²) in [5.74, 6) is 5.14. The topological polar surface area (TPSA) is 26.3 Å². The summed E-state index contributed by atoms with van der Waals surface area (Å²) in [6.07, 6.45) is 17.4. The Bertz CT molecular complexity index is 963. The monoisotopic (exact) mass is 504 g/mol. The van der Waals surface area contributed by atoms with Crippen LogP contribution >= 0.6 is 0 Å². The summed E-state index contributed by atoms with van der Waals surface area (Å²) in [5.41, 5.74) is 3.51. The molecule has 4 unspecified atom stereocenters. The highest BCUT2D eigenvalue weighted by atomic mass is 16.5. The van der Waals surface area contributed by atoms with E-state index >= 15 is 0 Å². The van der Waals surface area contributed by atoms with Crippen molar-refractivity contribution in [1.82, 2.24) is 0 Å². The summed E-state index contributed by atoms with van der Waals surface area (Å²) in [6.45, 7) is 12.6. The third-order valence-corrected chi connectivity index (χ3v) is 11.7. The predicted molar refractivity (Wildman–Crippen MR) is 153 cm³/mol. The standard InChI is InChI=1S/C35H52O2/c1-24(2)10-9-11-25(3)30-16-17-31-29-15-14-27-23-28(37-33(36)22-26-12-7-6-8-13-26)18-20-34(27,4)32(29)19-21-35(30,31)5/h6-8,12-14,24-25,28-32H,9-11,15-23H2,1-5H3/t25-,28?,29?,30-,31?,32?,34+,35-/m1/s1. The molecule has 0 amide bonds. The lowest BCUT2D eigenvalue weighted by atomic mass is 9.47. The second kappa shape index (κ2) is 10.9. The smallest absolute Gasteiger partial charge is 0.310 e. The Morgan fingerprint density at radius 1 is 0.973 bits per heavy atom. The molecular formula is C35H52O2. The van der Waals surface area contributed by atoms with Crippen LogP contribution in [0.15, 0.2) is 42.0 Å². The minimum Gasteiger partial charge on any atom is -0.462 e. The maximum atomic E-state index is 12.7. The molecule has 0 N–H and O–H groups in total. The van der Waals surface area contributed by atoms with Gasteiger partial charge in [-0.2, -0.15) is 0 Å². The Morgan fingerprint density at radius 3 is 2.51 bits per heavy atom. The molecule has 2 heteroatoms. The van der Waals surface area contributed by atoms with Crippen LogP contribution < -0.4 is 0 Å². The highest BCUT2D eigenvalue weighted by Crippen LogP contribution is 2.67. The van der Waals surface area contributed by atoms with E-state index < -0.39 is 0 Å². The normalized spacial score (nSPS) is 37.8. The molecule has 3 fully saturated rings. The summed E-state index contributed by atoms with van der Waals surface area (Å²) < 4.78 is 6.02. The lowest BCUT2D eigenvalue weighted by molar-refractivity contribution is -0.150. The van der Waals surface area contributed by atoms with Crippen molar-refractivity contribution >= 4 is 5.97 Å². The number of benzene rings is 1. The first-order valence-electron chi connectivity index (χ1n) is 15.6. The number of hydrogen-bond acceptors (Lipinski definition) is 2. The Hall–Kier alpha value is -1.57. The third-order valence-electron chi connectivity index (χ3n) is 11.7. The van der Waals surface area contributed by atoms with E-state index in [9.17, 15) is 4.79 Å². The van der Waals surface area contributed by atoms with Gasteiger partial charge in [-0.3, -0.25) is 4.79 Å². The highest BCUT2D eigenvalue weighted by Gasteiger charge is 2.59. The lowest BCUT2D eigenvalue weighted by Gasteiger charge is -2.58. The zero-order valence-corrected chi connectivity index (χ0v) is 24.3. The molecule has 0 heterocycles. The van der Waals surface area contributed by atoms with Gasteiger partial charge in [-0.25, -0.2) is 0 Å². The molecule has 0 bridgehead atoms. The SMILES string of the molecule is CC(C)CCC[C@@H](C)[C@H]1CCC2C3CC=C4CC(OC(=O)Cc5ccccc5)CC[C@]4(C)C3CC[C@@]21C. The van der Waals surface area contributed by atoms with Crippen molar-refractivity contribution in [2.45, 2.75) is 118 Å². The summed E-state index contributed by atoms with van der Waals surface area (Å²) in [6, 6.07) is 10.0. The first-order valence-corrected chi connectivity index (χ1v) is 15.6. The van der Waals surface area contributed by atoms with Crippen LogP contribution in [0.4, 0.5) is 0 Å². The van der Waals surface area contributed by atoms with Crippen molar-refractivity contribution in [2.75, 3.05) is 0 Å². The van der Waals surface area contributed by atoms with Crippen LogP contribution in [0.5, 0.6) is 0 Å². The van der Waals surface area contributed by atoms with E-state index in [2.05, 4.69) is 40.7 Å². The van der Waals surface area contributed by atoms with Gasteiger partial charge in [0.15, 0.2) is 0 Å². The average molecular weight is 505 g/mol. The van der Waals surface area contributed by atoms with Crippen molar-refractivity contribution < 1.29 is 9.53 Å². The van der Waals surface area contributed by atoms with Crippen molar-refractivity contribution in [2.24, 2.45) is 46.3 Å². The molecule has 1 aromatic carbocycles. The number of fused-ring (bicyclic) bond motifs is 5. The molecule has 2 nitrogen and oxygen atoms in total. The summed E-state index contributed by atoms with van der Waals surface area (Å²) in [7, 11) is 0. The van der Waals surface area contributed by atoms with Crippen molar-refractivity contribution in [3.05, 3.63) is 47.5 Å². The summed E-state index contributed by atoms with van der Waals surface area (Å²) in [5, 5.41) is 0. The van der Waals surface area contributed by atoms with E-state index in [1.165, 1.54) is 57.8 Å². The van der Waals surface area contributed by atoms with Crippen molar-refractivity contribution in [3.63, 3.8) is 0 Å². The van der Waals surface area contributed by atoms with Gasteiger partial charge in [0.05, 0.1) is 6.42 Å². The number of esters is 1. The number of ether oxygens (including phenoxy) is 1. The Morgan fingerprint density at radius 2 is 1.76 bits per heavy atom. The van der Waals surface area contributed by atoms with E-state index in [-0.39, 0.29) is 12.1 Å². The zero-order chi connectivity index (χ0) is 26.2. The third kappa shape index (κ3) is 5.33. The van der Waals surface area contributed by atoms with Gasteiger partial charge in [0.25, 0.3) is 0 Å². The predicted octanol–water partition coefficient (Wildman–Crippen LogP) is 9.18. The zero-order valence-electron chi connectivity index (χ0n) is 24.3. The Balaban J connectivity index is 1.22. The lowest BCUT2D eigenvalue weighted by Crippen LogP contribution is -2.51. The fraction of sp³-hybridized carbons (Fsp3) is 0.743. The fourth-order valence-corrected chi connectivity index (χ4v) is 9.74. The molecule has 5 rings (SSSR count). The number of rotatable bonds is 8. The quantitative estimate of drug-likeness (QED) is 0.260. The van der Waals surface area contributed by atoms with E-state index in [0.717, 1.165) is 53.9 Å². The van der Waals surface area contributed by atoms with Crippen LogP contribution in [0.25, 0.3) is 0 Å². The van der Waals surface area contributed by atoms with Crippen LogP contribution in [0, 0.1) is 46.3 Å². The second-order valence-electron chi connectivity index (χ2n) is 14.3. The number of carbonyl (C=O) groups is 1. The molecule has 0 spiro atoms. The molecule has 1 aromatic rings. The number of allylic oxidation sites excluding steroid dienone is 1. The molecule has 4 aliphatic rings. The van der Waals surface area contributed by atoms with Crippen LogP contribution in [-0.2, 0) is 16.0 Å². The van der Waals surface area contributed by atoms with Crippen LogP contribution in [-0.4, -0.2) is 12.1 Å². The van der Waals surface area contributed by atoms with Gasteiger partial charge in [-0.15, -0.1) is 0 Å². The Labute approximate surface area is 227 Å². The van der Waals surface area contributed by atoms with Crippen LogP contribution in [0.2, 0.25) is 0 Å². The number of hydrogen-bond donors (Lipinski definition) is 0. The summed E-state index contributed by atoms with van der Waals surface area (Å²) in [4.78, 5) is 12.7. The first kappa shape index (κ1) is 27.0. The highest BCUT2D eigenvalue weighted by molar-refractivity contribution is 5.72.